The number of aromatic nitrogens is 2. The monoisotopic (exact) mass is 486 g/mol. The molecule has 1 aliphatic heterocycles. The SMILES string of the molecule is CC(C)NC(=S)N(CC(=O)N1CCCN(c2ccc(-c3ccccc3Cl)nn2)CC1)C1CC1. The van der Waals surface area contributed by atoms with E-state index >= 15 is 0 Å². The molecule has 2 heterocycles. The van der Waals surface area contributed by atoms with Gasteiger partial charge in [0.15, 0.2) is 10.9 Å². The van der Waals surface area contributed by atoms with Crippen molar-refractivity contribution < 1.29 is 4.79 Å². The Balaban J connectivity index is 1.35. The molecular weight excluding hydrogens is 456 g/mol. The fraction of sp³-hybridized carbons (Fsp3) is 0.500. The first-order chi connectivity index (χ1) is 15.9. The molecule has 2 fully saturated rings. The van der Waals surface area contributed by atoms with Gasteiger partial charge in [-0.15, -0.1) is 10.2 Å². The number of rotatable bonds is 6. The van der Waals surface area contributed by atoms with Crippen LogP contribution in [-0.4, -0.2) is 75.8 Å². The van der Waals surface area contributed by atoms with Crippen LogP contribution < -0.4 is 10.2 Å². The molecule has 1 saturated carbocycles. The number of nitrogens with one attached hydrogen (secondary N) is 1. The van der Waals surface area contributed by atoms with Gasteiger partial charge in [0.25, 0.3) is 0 Å². The van der Waals surface area contributed by atoms with Crippen LogP contribution in [0.2, 0.25) is 5.02 Å². The topological polar surface area (TPSA) is 64.6 Å². The van der Waals surface area contributed by atoms with Gasteiger partial charge >= 0.3 is 0 Å². The van der Waals surface area contributed by atoms with Crippen LogP contribution in [0.1, 0.15) is 33.1 Å². The highest BCUT2D eigenvalue weighted by Gasteiger charge is 2.33. The van der Waals surface area contributed by atoms with Crippen molar-refractivity contribution in [2.75, 3.05) is 37.6 Å². The maximum Gasteiger partial charge on any atom is 0.242 e. The lowest BCUT2D eigenvalue weighted by atomic mass is 10.1. The Labute approximate surface area is 206 Å². The van der Waals surface area contributed by atoms with Crippen LogP contribution in [0.25, 0.3) is 11.3 Å². The van der Waals surface area contributed by atoms with E-state index in [0.29, 0.717) is 29.3 Å². The Kier molecular flexibility index (Phi) is 7.65. The van der Waals surface area contributed by atoms with Crippen molar-refractivity contribution in [3.63, 3.8) is 0 Å². The molecule has 0 spiro atoms. The fourth-order valence-electron chi connectivity index (χ4n) is 4.03. The summed E-state index contributed by atoms with van der Waals surface area (Å²) >= 11 is 11.9. The summed E-state index contributed by atoms with van der Waals surface area (Å²) in [5.74, 6) is 0.957. The first-order valence-electron chi connectivity index (χ1n) is 11.6. The number of benzene rings is 1. The first-order valence-corrected chi connectivity index (χ1v) is 12.4. The molecule has 0 atom stereocenters. The number of hydrogen-bond donors (Lipinski definition) is 1. The molecule has 1 amide bonds. The molecule has 176 valence electrons. The van der Waals surface area contributed by atoms with Crippen LogP contribution in [0.5, 0.6) is 0 Å². The smallest absolute Gasteiger partial charge is 0.242 e. The van der Waals surface area contributed by atoms with Crippen molar-refractivity contribution in [3.05, 3.63) is 41.4 Å². The van der Waals surface area contributed by atoms with E-state index in [4.69, 9.17) is 23.8 Å². The highest BCUT2D eigenvalue weighted by atomic mass is 35.5. The van der Waals surface area contributed by atoms with Crippen molar-refractivity contribution in [1.29, 1.82) is 0 Å². The average molecular weight is 487 g/mol. The standard InChI is InChI=1S/C24H31ClN6OS/c1-17(2)26-24(33)31(18-8-9-18)16-23(32)30-13-5-12-29(14-15-30)22-11-10-21(27-28-22)19-6-3-4-7-20(19)25/h3-4,6-7,10-11,17-18H,5,8-9,12-16H2,1-2H3,(H,26,33). The lowest BCUT2D eigenvalue weighted by Gasteiger charge is -2.29. The van der Waals surface area contributed by atoms with Gasteiger partial charge in [-0.05, 0) is 63.5 Å². The summed E-state index contributed by atoms with van der Waals surface area (Å²) in [6.45, 7) is 7.43. The fourth-order valence-corrected chi connectivity index (χ4v) is 4.71. The molecule has 2 aromatic rings. The number of hydrogen-bond acceptors (Lipinski definition) is 5. The number of nitrogens with zero attached hydrogens (tertiary/aromatic N) is 5. The van der Waals surface area contributed by atoms with Gasteiger partial charge in [0.05, 0.1) is 17.3 Å². The molecule has 7 nitrogen and oxygen atoms in total. The zero-order valence-corrected chi connectivity index (χ0v) is 20.8. The van der Waals surface area contributed by atoms with E-state index < -0.39 is 0 Å². The molecule has 0 unspecified atom stereocenters. The number of anilines is 1. The summed E-state index contributed by atoms with van der Waals surface area (Å²) in [7, 11) is 0. The van der Waals surface area contributed by atoms with Crippen LogP contribution in [0.4, 0.5) is 5.82 Å². The van der Waals surface area contributed by atoms with Crippen LogP contribution in [0.15, 0.2) is 36.4 Å². The van der Waals surface area contributed by atoms with Gasteiger partial charge in [0, 0.05) is 43.8 Å². The van der Waals surface area contributed by atoms with Gasteiger partial charge in [-0.3, -0.25) is 4.79 Å². The van der Waals surface area contributed by atoms with Gasteiger partial charge in [-0.25, -0.2) is 0 Å². The van der Waals surface area contributed by atoms with Crippen molar-refractivity contribution in [3.8, 4) is 11.3 Å². The Morgan fingerprint density at radius 1 is 1.15 bits per heavy atom. The van der Waals surface area contributed by atoms with Crippen LogP contribution >= 0.6 is 23.8 Å². The number of halogens is 1. The van der Waals surface area contributed by atoms with E-state index in [9.17, 15) is 4.79 Å². The quantitative estimate of drug-likeness (QED) is 0.626. The minimum atomic E-state index is 0.136. The number of thiocarbonyl (C=S) groups is 1. The predicted molar refractivity (Wildman–Crippen MR) is 136 cm³/mol. The Bertz CT molecular complexity index is 981. The molecule has 2 aliphatic rings. The third-order valence-corrected chi connectivity index (χ3v) is 6.62. The largest absolute Gasteiger partial charge is 0.360 e. The van der Waals surface area contributed by atoms with Crippen molar-refractivity contribution in [2.45, 2.75) is 45.2 Å². The highest BCUT2D eigenvalue weighted by Crippen LogP contribution is 2.28. The van der Waals surface area contributed by atoms with Crippen LogP contribution in [-0.2, 0) is 4.79 Å². The minimum absolute atomic E-state index is 0.136. The van der Waals surface area contributed by atoms with Gasteiger partial charge in [0.1, 0.15) is 0 Å². The summed E-state index contributed by atoms with van der Waals surface area (Å²) < 4.78 is 0. The second-order valence-corrected chi connectivity index (χ2v) is 9.74. The summed E-state index contributed by atoms with van der Waals surface area (Å²) in [5, 5.41) is 13.5. The predicted octanol–water partition coefficient (Wildman–Crippen LogP) is 3.58. The van der Waals surface area contributed by atoms with Crippen LogP contribution in [0, 0.1) is 0 Å². The van der Waals surface area contributed by atoms with E-state index in [1.165, 1.54) is 0 Å². The van der Waals surface area contributed by atoms with Crippen molar-refractivity contribution in [2.24, 2.45) is 0 Å². The van der Waals surface area contributed by atoms with Gasteiger partial charge in [0.2, 0.25) is 5.91 Å². The normalized spacial score (nSPS) is 16.5. The van der Waals surface area contributed by atoms with E-state index in [1.54, 1.807) is 0 Å². The molecule has 1 N–H and O–H groups in total. The Hall–Kier alpha value is -2.45. The second-order valence-electron chi connectivity index (χ2n) is 8.94. The maximum absolute atomic E-state index is 13.1. The number of carbonyl (C=O) groups is 1. The lowest BCUT2D eigenvalue weighted by molar-refractivity contribution is -0.131. The lowest BCUT2D eigenvalue weighted by Crippen LogP contribution is -2.49. The molecular formula is C24H31ClN6OS. The molecule has 1 aromatic carbocycles. The van der Waals surface area contributed by atoms with Crippen molar-refractivity contribution >= 4 is 40.7 Å². The van der Waals surface area contributed by atoms with Gasteiger partial charge in [-0.1, -0.05) is 29.8 Å². The summed E-state index contributed by atoms with van der Waals surface area (Å²) in [5.41, 5.74) is 1.62. The third-order valence-electron chi connectivity index (χ3n) is 5.94. The van der Waals surface area contributed by atoms with E-state index in [2.05, 4.69) is 39.2 Å². The molecule has 1 saturated heterocycles. The molecule has 1 aliphatic carbocycles. The van der Waals surface area contributed by atoms with Gasteiger partial charge in [-0.2, -0.15) is 0 Å². The first kappa shape index (κ1) is 23.7. The maximum atomic E-state index is 13.1. The van der Waals surface area contributed by atoms with Crippen LogP contribution in [0.3, 0.4) is 0 Å². The molecule has 33 heavy (non-hydrogen) atoms. The zero-order valence-electron chi connectivity index (χ0n) is 19.2. The Morgan fingerprint density at radius 2 is 1.94 bits per heavy atom. The molecule has 9 heteroatoms. The minimum Gasteiger partial charge on any atom is -0.360 e. The highest BCUT2D eigenvalue weighted by molar-refractivity contribution is 7.80. The summed E-state index contributed by atoms with van der Waals surface area (Å²) in [6, 6.07) is 12.2. The van der Waals surface area contributed by atoms with E-state index in [0.717, 1.165) is 56.0 Å². The average Bonchev–Trinajstić information content (AvgIpc) is 3.64. The molecule has 0 bridgehead atoms. The second kappa shape index (κ2) is 10.7. The summed E-state index contributed by atoms with van der Waals surface area (Å²) in [4.78, 5) is 19.3. The van der Waals surface area contributed by atoms with E-state index in [1.807, 2.05) is 41.3 Å². The molecule has 0 radical (unpaired) electrons. The third kappa shape index (κ3) is 6.12. The van der Waals surface area contributed by atoms with Crippen molar-refractivity contribution in [1.82, 2.24) is 25.3 Å². The number of amides is 1. The summed E-state index contributed by atoms with van der Waals surface area (Å²) in [6.07, 6.45) is 3.09. The van der Waals surface area contributed by atoms with E-state index in [-0.39, 0.29) is 11.9 Å². The Morgan fingerprint density at radius 3 is 2.61 bits per heavy atom. The number of carbonyl (C=O) groups excluding carboxylic acids is 1. The van der Waals surface area contributed by atoms with Gasteiger partial charge < -0.3 is 20.0 Å². The molecule has 4 rings (SSSR count). The zero-order chi connectivity index (χ0) is 23.4. The molecule has 1 aromatic heterocycles.